The highest BCUT2D eigenvalue weighted by atomic mass is 35.5. The van der Waals surface area contributed by atoms with E-state index in [0.717, 1.165) is 16.1 Å². The number of nitrogens with one attached hydrogen (secondary N) is 1. The average Bonchev–Trinajstić information content (AvgIpc) is 2.77. The molecular weight excluding hydrogens is 497 g/mol. The fraction of sp³-hybridized carbons (Fsp3) is 0.417. The first-order chi connectivity index (χ1) is 15.9. The second-order valence-corrected chi connectivity index (χ2v) is 11.0. The Kier molecular flexibility index (Phi) is 9.79. The van der Waals surface area contributed by atoms with E-state index in [1.54, 1.807) is 37.3 Å². The second-order valence-electron chi connectivity index (χ2n) is 8.24. The van der Waals surface area contributed by atoms with Crippen LogP contribution < -0.4 is 9.62 Å². The third-order valence-corrected chi connectivity index (χ3v) is 7.36. The molecule has 0 radical (unpaired) electrons. The van der Waals surface area contributed by atoms with E-state index in [1.807, 2.05) is 26.0 Å². The molecule has 0 aliphatic rings. The van der Waals surface area contributed by atoms with E-state index < -0.39 is 28.5 Å². The van der Waals surface area contributed by atoms with Crippen molar-refractivity contribution in [1.82, 2.24) is 10.2 Å². The summed E-state index contributed by atoms with van der Waals surface area (Å²) in [5, 5.41) is 3.27. The molecule has 0 fully saturated rings. The third kappa shape index (κ3) is 6.64. The maximum absolute atomic E-state index is 13.7. The van der Waals surface area contributed by atoms with Gasteiger partial charge in [-0.3, -0.25) is 13.9 Å². The molecule has 1 atom stereocenters. The molecule has 186 valence electrons. The van der Waals surface area contributed by atoms with Crippen molar-refractivity contribution in [2.75, 3.05) is 24.2 Å². The average molecular weight is 529 g/mol. The van der Waals surface area contributed by atoms with Crippen molar-refractivity contribution < 1.29 is 18.0 Å². The lowest BCUT2D eigenvalue weighted by atomic mass is 10.0. The highest BCUT2D eigenvalue weighted by Crippen LogP contribution is 2.30. The van der Waals surface area contributed by atoms with Gasteiger partial charge in [0.1, 0.15) is 12.6 Å². The van der Waals surface area contributed by atoms with E-state index in [9.17, 15) is 18.0 Å². The van der Waals surface area contributed by atoms with Gasteiger partial charge in [0.2, 0.25) is 21.8 Å². The summed E-state index contributed by atoms with van der Waals surface area (Å²) in [4.78, 5) is 27.6. The van der Waals surface area contributed by atoms with Crippen LogP contribution in [-0.2, 0) is 26.2 Å². The summed E-state index contributed by atoms with van der Waals surface area (Å²) in [6.45, 7) is 5.15. The number of likely N-dealkylation sites (N-methyl/N-ethyl adjacent to an activating group) is 1. The normalized spacial score (nSPS) is 12.4. The fourth-order valence-corrected chi connectivity index (χ4v) is 5.12. The van der Waals surface area contributed by atoms with Crippen LogP contribution in [0.4, 0.5) is 5.69 Å². The minimum Gasteiger partial charge on any atom is -0.357 e. The summed E-state index contributed by atoms with van der Waals surface area (Å²) >= 11 is 12.7. The van der Waals surface area contributed by atoms with E-state index in [0.29, 0.717) is 27.7 Å². The number of carbonyl (C=O) groups excluding carboxylic acids is 2. The van der Waals surface area contributed by atoms with Crippen LogP contribution in [0.5, 0.6) is 0 Å². The Morgan fingerprint density at radius 3 is 2.12 bits per heavy atom. The Balaban J connectivity index is 2.55. The van der Waals surface area contributed by atoms with Gasteiger partial charge in [0, 0.05) is 29.2 Å². The molecule has 1 N–H and O–H groups in total. The molecule has 0 aliphatic heterocycles. The van der Waals surface area contributed by atoms with Gasteiger partial charge in [-0.1, -0.05) is 68.2 Å². The summed E-state index contributed by atoms with van der Waals surface area (Å²) in [5.74, 6) is -0.884. The minimum absolute atomic E-state index is 0.0304. The number of amides is 2. The van der Waals surface area contributed by atoms with Gasteiger partial charge in [-0.2, -0.15) is 0 Å². The fourth-order valence-electron chi connectivity index (χ4n) is 3.74. The van der Waals surface area contributed by atoms with Gasteiger partial charge < -0.3 is 10.2 Å². The molecule has 2 aromatic rings. The summed E-state index contributed by atoms with van der Waals surface area (Å²) in [7, 11) is -2.33. The van der Waals surface area contributed by atoms with E-state index in [4.69, 9.17) is 23.2 Å². The number of hydrogen-bond donors (Lipinski definition) is 1. The predicted molar refractivity (Wildman–Crippen MR) is 138 cm³/mol. The summed E-state index contributed by atoms with van der Waals surface area (Å²) in [6, 6.07) is 11.2. The first-order valence-corrected chi connectivity index (χ1v) is 13.5. The Bertz CT molecular complexity index is 1120. The molecule has 0 aromatic heterocycles. The molecule has 2 aromatic carbocycles. The van der Waals surface area contributed by atoms with Gasteiger partial charge in [0.25, 0.3) is 0 Å². The zero-order valence-electron chi connectivity index (χ0n) is 20.0. The summed E-state index contributed by atoms with van der Waals surface area (Å²) in [5.41, 5.74) is 1.70. The van der Waals surface area contributed by atoms with Crippen molar-refractivity contribution in [3.05, 3.63) is 63.6 Å². The van der Waals surface area contributed by atoms with Crippen LogP contribution in [0.3, 0.4) is 0 Å². The van der Waals surface area contributed by atoms with Gasteiger partial charge in [-0.05, 0) is 36.1 Å². The van der Waals surface area contributed by atoms with E-state index >= 15 is 0 Å². The smallest absolute Gasteiger partial charge is 0.244 e. The second kappa shape index (κ2) is 11.9. The van der Waals surface area contributed by atoms with E-state index in [2.05, 4.69) is 5.32 Å². The standard InChI is InChI=1S/C24H31Cl2N3O4S/c1-6-21(24(31)27-4)28(14-18-19(25)11-9-12-20(18)26)23(30)15-29(34(5,32)33)22-13-8-7-10-17(22)16(2)3/h7-13,16,21H,6,14-15H2,1-5H3,(H,27,31)/t21-/m0/s1. The number of para-hydroxylation sites is 1. The number of hydrogen-bond acceptors (Lipinski definition) is 4. The van der Waals surface area contributed by atoms with Crippen molar-refractivity contribution in [2.45, 2.75) is 45.7 Å². The minimum atomic E-state index is -3.82. The Morgan fingerprint density at radius 2 is 1.62 bits per heavy atom. The number of nitrogens with zero attached hydrogens (tertiary/aromatic N) is 2. The summed E-state index contributed by atoms with van der Waals surface area (Å²) < 4.78 is 26.7. The van der Waals surface area contributed by atoms with Gasteiger partial charge in [-0.15, -0.1) is 0 Å². The van der Waals surface area contributed by atoms with Crippen LogP contribution in [0, 0.1) is 0 Å². The van der Waals surface area contributed by atoms with Crippen LogP contribution >= 0.6 is 23.2 Å². The van der Waals surface area contributed by atoms with Crippen molar-refractivity contribution in [3.63, 3.8) is 0 Å². The van der Waals surface area contributed by atoms with Gasteiger partial charge in [0.15, 0.2) is 0 Å². The zero-order chi connectivity index (χ0) is 25.6. The maximum Gasteiger partial charge on any atom is 0.244 e. The molecular formula is C24H31Cl2N3O4S. The highest BCUT2D eigenvalue weighted by Gasteiger charge is 2.32. The van der Waals surface area contributed by atoms with Crippen molar-refractivity contribution >= 4 is 50.7 Å². The highest BCUT2D eigenvalue weighted by molar-refractivity contribution is 7.92. The Labute approximate surface area is 212 Å². The molecule has 0 spiro atoms. The van der Waals surface area contributed by atoms with Crippen LogP contribution in [0.2, 0.25) is 10.0 Å². The van der Waals surface area contributed by atoms with Crippen molar-refractivity contribution in [2.24, 2.45) is 0 Å². The molecule has 0 heterocycles. The lowest BCUT2D eigenvalue weighted by Gasteiger charge is -2.33. The molecule has 2 amide bonds. The van der Waals surface area contributed by atoms with Crippen LogP contribution in [-0.4, -0.2) is 51.0 Å². The topological polar surface area (TPSA) is 86.8 Å². The quantitative estimate of drug-likeness (QED) is 0.494. The molecule has 0 unspecified atom stereocenters. The van der Waals surface area contributed by atoms with Crippen molar-refractivity contribution in [1.29, 1.82) is 0 Å². The largest absolute Gasteiger partial charge is 0.357 e. The first-order valence-electron chi connectivity index (χ1n) is 10.9. The van der Waals surface area contributed by atoms with Gasteiger partial charge >= 0.3 is 0 Å². The van der Waals surface area contributed by atoms with Crippen LogP contribution in [0.25, 0.3) is 0 Å². The Morgan fingerprint density at radius 1 is 1.03 bits per heavy atom. The number of rotatable bonds is 10. The number of sulfonamides is 1. The van der Waals surface area contributed by atoms with Gasteiger partial charge in [0.05, 0.1) is 11.9 Å². The molecule has 0 aliphatic carbocycles. The number of halogens is 2. The third-order valence-electron chi connectivity index (χ3n) is 5.53. The molecule has 34 heavy (non-hydrogen) atoms. The van der Waals surface area contributed by atoms with Crippen molar-refractivity contribution in [3.8, 4) is 0 Å². The molecule has 0 bridgehead atoms. The first kappa shape index (κ1) is 28.0. The summed E-state index contributed by atoms with van der Waals surface area (Å²) in [6.07, 6.45) is 1.37. The predicted octanol–water partition coefficient (Wildman–Crippen LogP) is 4.44. The molecule has 10 heteroatoms. The Hall–Kier alpha value is -2.29. The number of carbonyl (C=O) groups is 2. The zero-order valence-corrected chi connectivity index (χ0v) is 22.3. The monoisotopic (exact) mass is 527 g/mol. The van der Waals surface area contributed by atoms with Crippen LogP contribution in [0.15, 0.2) is 42.5 Å². The molecule has 7 nitrogen and oxygen atoms in total. The van der Waals surface area contributed by atoms with E-state index in [-0.39, 0.29) is 18.4 Å². The van der Waals surface area contributed by atoms with Crippen LogP contribution in [0.1, 0.15) is 44.2 Å². The number of benzene rings is 2. The SMILES string of the molecule is CC[C@@H](C(=O)NC)N(Cc1c(Cl)cccc1Cl)C(=O)CN(c1ccccc1C(C)C)S(C)(=O)=O. The lowest BCUT2D eigenvalue weighted by Crippen LogP contribution is -2.51. The van der Waals surface area contributed by atoms with E-state index in [1.165, 1.54) is 11.9 Å². The molecule has 2 rings (SSSR count). The molecule has 0 saturated carbocycles. The lowest BCUT2D eigenvalue weighted by molar-refractivity contribution is -0.140. The molecule has 0 saturated heterocycles. The number of anilines is 1. The van der Waals surface area contributed by atoms with Gasteiger partial charge in [-0.25, -0.2) is 8.42 Å². The maximum atomic E-state index is 13.7.